The minimum absolute atomic E-state index is 0.223. The second-order valence-corrected chi connectivity index (χ2v) is 5.22. The van der Waals surface area contributed by atoms with Gasteiger partial charge in [-0.15, -0.1) is 11.8 Å². The van der Waals surface area contributed by atoms with Gasteiger partial charge in [0.1, 0.15) is 0 Å². The van der Waals surface area contributed by atoms with Gasteiger partial charge in [-0.3, -0.25) is 0 Å². The van der Waals surface area contributed by atoms with Gasteiger partial charge in [-0.25, -0.2) is 4.79 Å². The van der Waals surface area contributed by atoms with Crippen LogP contribution >= 0.6 is 11.8 Å². The van der Waals surface area contributed by atoms with Gasteiger partial charge in [0, 0.05) is 16.2 Å². The monoisotopic (exact) mass is 264 g/mol. The van der Waals surface area contributed by atoms with E-state index in [4.69, 9.17) is 4.74 Å². The average molecular weight is 264 g/mol. The van der Waals surface area contributed by atoms with Crippen molar-refractivity contribution in [2.24, 2.45) is 0 Å². The molecule has 0 unspecified atom stereocenters. The first kappa shape index (κ1) is 14.8. The first-order valence-corrected chi connectivity index (χ1v) is 7.04. The quantitative estimate of drug-likeness (QED) is 0.458. The lowest BCUT2D eigenvalue weighted by atomic mass is 10.2. The summed E-state index contributed by atoms with van der Waals surface area (Å²) in [6.07, 6.45) is 2.66. The van der Waals surface area contributed by atoms with E-state index >= 15 is 0 Å². The molecule has 1 rings (SSSR count). The predicted octanol–water partition coefficient (Wildman–Crippen LogP) is 3.90. The molecular formula is C15H20O2S. The van der Waals surface area contributed by atoms with Crippen molar-refractivity contribution in [1.82, 2.24) is 0 Å². The van der Waals surface area contributed by atoms with Crippen molar-refractivity contribution in [1.29, 1.82) is 0 Å². The molecule has 1 aromatic carbocycles. The third-order valence-corrected chi connectivity index (χ3v) is 3.82. The number of rotatable bonds is 5. The highest BCUT2D eigenvalue weighted by molar-refractivity contribution is 7.99. The van der Waals surface area contributed by atoms with Gasteiger partial charge in [0.2, 0.25) is 0 Å². The molecule has 0 bridgehead atoms. The number of ether oxygens (including phenoxy) is 1. The maximum absolute atomic E-state index is 11.4. The summed E-state index contributed by atoms with van der Waals surface area (Å²) in [5.74, 6) is 0.571. The molecule has 1 aromatic rings. The minimum Gasteiger partial charge on any atom is -0.466 e. The second kappa shape index (κ2) is 7.27. The van der Waals surface area contributed by atoms with Gasteiger partial charge in [-0.2, -0.15) is 0 Å². The molecule has 98 valence electrons. The van der Waals surface area contributed by atoms with Crippen molar-refractivity contribution >= 4 is 17.7 Å². The summed E-state index contributed by atoms with van der Waals surface area (Å²) in [6.45, 7) is 6.16. The Morgan fingerprint density at radius 1 is 1.39 bits per heavy atom. The number of hydrogen-bond donors (Lipinski definition) is 0. The zero-order chi connectivity index (χ0) is 13.5. The zero-order valence-corrected chi connectivity index (χ0v) is 12.3. The average Bonchev–Trinajstić information content (AvgIpc) is 2.37. The van der Waals surface area contributed by atoms with Crippen molar-refractivity contribution in [3.63, 3.8) is 0 Å². The minimum atomic E-state index is -0.223. The molecule has 0 aliphatic heterocycles. The van der Waals surface area contributed by atoms with Crippen LogP contribution in [-0.4, -0.2) is 18.8 Å². The van der Waals surface area contributed by atoms with Crippen LogP contribution in [-0.2, 0) is 9.53 Å². The Morgan fingerprint density at radius 3 is 2.72 bits per heavy atom. The van der Waals surface area contributed by atoms with Crippen molar-refractivity contribution in [2.45, 2.75) is 32.1 Å². The van der Waals surface area contributed by atoms with E-state index in [0.717, 1.165) is 11.3 Å². The first-order chi connectivity index (χ1) is 8.58. The third kappa shape index (κ3) is 4.22. The first-order valence-electron chi connectivity index (χ1n) is 6.05. The number of thioether (sulfide) groups is 1. The lowest BCUT2D eigenvalue weighted by molar-refractivity contribution is -0.136. The van der Waals surface area contributed by atoms with Crippen LogP contribution in [0.3, 0.4) is 0 Å². The number of hydrogen-bond acceptors (Lipinski definition) is 3. The number of methoxy groups -OCH3 is 1. The van der Waals surface area contributed by atoms with E-state index < -0.39 is 0 Å². The van der Waals surface area contributed by atoms with Crippen LogP contribution in [0.1, 0.15) is 24.5 Å². The van der Waals surface area contributed by atoms with Gasteiger partial charge < -0.3 is 4.74 Å². The fraction of sp³-hybridized carbons (Fsp3) is 0.400. The van der Waals surface area contributed by atoms with Crippen LogP contribution in [0.2, 0.25) is 0 Å². The van der Waals surface area contributed by atoms with Crippen LogP contribution in [0.15, 0.2) is 34.7 Å². The summed E-state index contributed by atoms with van der Waals surface area (Å²) < 4.78 is 4.73. The summed E-state index contributed by atoms with van der Waals surface area (Å²) in [5.41, 5.74) is 3.28. The van der Waals surface area contributed by atoms with Crippen molar-refractivity contribution in [2.75, 3.05) is 12.9 Å². The molecule has 0 N–H and O–H groups in total. The molecule has 0 amide bonds. The van der Waals surface area contributed by atoms with E-state index in [1.165, 1.54) is 23.1 Å². The molecule has 0 atom stereocenters. The zero-order valence-electron chi connectivity index (χ0n) is 11.4. The molecule has 0 radical (unpaired) electrons. The molecule has 2 nitrogen and oxygen atoms in total. The van der Waals surface area contributed by atoms with E-state index in [0.29, 0.717) is 6.42 Å². The van der Waals surface area contributed by atoms with Gasteiger partial charge in [0.15, 0.2) is 0 Å². The summed E-state index contributed by atoms with van der Waals surface area (Å²) in [5, 5.41) is 0. The molecule has 0 fully saturated rings. The number of esters is 1. The Morgan fingerprint density at radius 2 is 2.11 bits per heavy atom. The van der Waals surface area contributed by atoms with Gasteiger partial charge in [-0.1, -0.05) is 30.7 Å². The lowest BCUT2D eigenvalue weighted by Crippen LogP contribution is -2.04. The Bertz CT molecular complexity index is 450. The smallest absolute Gasteiger partial charge is 0.333 e. The van der Waals surface area contributed by atoms with Crippen molar-refractivity contribution in [3.05, 3.63) is 41.0 Å². The Hall–Kier alpha value is -1.22. The maximum Gasteiger partial charge on any atom is 0.333 e. The molecule has 0 aliphatic carbocycles. The van der Waals surface area contributed by atoms with Gasteiger partial charge >= 0.3 is 5.97 Å². The van der Waals surface area contributed by atoms with E-state index in [1.54, 1.807) is 11.8 Å². The summed E-state index contributed by atoms with van der Waals surface area (Å²) >= 11 is 1.75. The van der Waals surface area contributed by atoms with E-state index in [-0.39, 0.29) is 5.97 Å². The van der Waals surface area contributed by atoms with Crippen molar-refractivity contribution in [3.8, 4) is 0 Å². The number of carbonyl (C=O) groups is 1. The second-order valence-electron chi connectivity index (χ2n) is 4.15. The predicted molar refractivity (Wildman–Crippen MR) is 77.0 cm³/mol. The molecule has 0 aliphatic rings. The highest BCUT2D eigenvalue weighted by Gasteiger charge is 2.06. The standard InChI is InChI=1S/C15H20O2S/c1-5-13(15(16)17-4)8-9-18-14-10-11(2)6-7-12(14)3/h6-8,10H,5,9H2,1-4H3. The topological polar surface area (TPSA) is 26.3 Å². The molecule has 0 saturated carbocycles. The van der Waals surface area contributed by atoms with Gasteiger partial charge in [0.05, 0.1) is 7.11 Å². The molecule has 0 heterocycles. The van der Waals surface area contributed by atoms with Crippen LogP contribution < -0.4 is 0 Å². The summed E-state index contributed by atoms with van der Waals surface area (Å²) in [6, 6.07) is 6.42. The fourth-order valence-electron chi connectivity index (χ4n) is 1.60. The van der Waals surface area contributed by atoms with Crippen LogP contribution in [0.5, 0.6) is 0 Å². The third-order valence-electron chi connectivity index (χ3n) is 2.74. The normalized spacial score (nSPS) is 11.4. The summed E-state index contributed by atoms with van der Waals surface area (Å²) in [7, 11) is 1.42. The Labute approximate surface area is 113 Å². The summed E-state index contributed by atoms with van der Waals surface area (Å²) in [4.78, 5) is 12.7. The molecule has 0 saturated heterocycles. The van der Waals surface area contributed by atoms with Crippen LogP contribution in [0, 0.1) is 13.8 Å². The Kier molecular flexibility index (Phi) is 5.99. The largest absolute Gasteiger partial charge is 0.466 e. The number of aryl methyl sites for hydroxylation is 2. The van der Waals surface area contributed by atoms with Crippen LogP contribution in [0.25, 0.3) is 0 Å². The van der Waals surface area contributed by atoms with Crippen molar-refractivity contribution < 1.29 is 9.53 Å². The molecular weight excluding hydrogens is 244 g/mol. The number of carbonyl (C=O) groups excluding carboxylic acids is 1. The van der Waals surface area contributed by atoms with E-state index in [2.05, 4.69) is 32.0 Å². The molecule has 0 aromatic heterocycles. The van der Waals surface area contributed by atoms with Crippen LogP contribution in [0.4, 0.5) is 0 Å². The van der Waals surface area contributed by atoms with E-state index in [1.807, 2.05) is 13.0 Å². The highest BCUT2D eigenvalue weighted by Crippen LogP contribution is 2.24. The van der Waals surface area contributed by atoms with Gasteiger partial charge in [0.25, 0.3) is 0 Å². The van der Waals surface area contributed by atoms with Gasteiger partial charge in [-0.05, 0) is 31.9 Å². The Balaban J connectivity index is 2.67. The number of benzene rings is 1. The van der Waals surface area contributed by atoms with E-state index in [9.17, 15) is 4.79 Å². The SMILES string of the molecule is CCC(=CCSc1cc(C)ccc1C)C(=O)OC. The molecule has 18 heavy (non-hydrogen) atoms. The fourth-order valence-corrected chi connectivity index (χ4v) is 2.63. The highest BCUT2D eigenvalue weighted by atomic mass is 32.2. The molecule has 3 heteroatoms. The molecule has 0 spiro atoms. The lowest BCUT2D eigenvalue weighted by Gasteiger charge is -2.06. The maximum atomic E-state index is 11.4.